The molecule has 3 rings (SSSR count). The van der Waals surface area contributed by atoms with E-state index in [-0.39, 0.29) is 0 Å². The van der Waals surface area contributed by atoms with Crippen molar-refractivity contribution in [2.45, 2.75) is 32.7 Å². The monoisotopic (exact) mass is 273 g/mol. The highest BCUT2D eigenvalue weighted by Gasteiger charge is 2.30. The average Bonchev–Trinajstić information content (AvgIpc) is 3.00. The second-order valence-corrected chi connectivity index (χ2v) is 6.03. The van der Waals surface area contributed by atoms with Crippen molar-refractivity contribution < 1.29 is 4.74 Å². The molecule has 108 valence electrons. The Balaban J connectivity index is 2.17. The van der Waals surface area contributed by atoms with E-state index in [9.17, 15) is 0 Å². The zero-order valence-corrected chi connectivity index (χ0v) is 12.7. The third-order valence-electron chi connectivity index (χ3n) is 4.29. The number of nitrogens with one attached hydrogen (secondary N) is 1. The van der Waals surface area contributed by atoms with E-state index in [1.54, 1.807) is 7.11 Å². The Hall–Kier alpha value is -1.55. The van der Waals surface area contributed by atoms with Crippen molar-refractivity contribution in [3.8, 4) is 5.75 Å². The molecule has 0 unspecified atom stereocenters. The fourth-order valence-corrected chi connectivity index (χ4v) is 3.18. The van der Waals surface area contributed by atoms with Crippen LogP contribution < -0.4 is 10.1 Å². The quantitative estimate of drug-likeness (QED) is 0.934. The Morgan fingerprint density at radius 3 is 2.75 bits per heavy atom. The number of benzene rings is 1. The van der Waals surface area contributed by atoms with E-state index < -0.39 is 0 Å². The van der Waals surface area contributed by atoms with Crippen LogP contribution in [0.2, 0.25) is 0 Å². The van der Waals surface area contributed by atoms with Crippen LogP contribution in [0.1, 0.15) is 38.6 Å². The molecule has 0 aliphatic carbocycles. The normalized spacial score (nSPS) is 22.9. The topological polar surface area (TPSA) is 39.1 Å². The van der Waals surface area contributed by atoms with Gasteiger partial charge < -0.3 is 14.6 Å². The number of fused-ring (bicyclic) bond motifs is 1. The van der Waals surface area contributed by atoms with Crippen molar-refractivity contribution in [1.29, 1.82) is 0 Å². The second kappa shape index (κ2) is 5.09. The SMILES string of the molecule is COc1ccc2c(c1)nc([C@@H]1CNC[C@H]1C)n2C(C)C. The third-order valence-corrected chi connectivity index (χ3v) is 4.29. The van der Waals surface area contributed by atoms with E-state index in [1.165, 1.54) is 11.3 Å². The van der Waals surface area contributed by atoms with Crippen molar-refractivity contribution in [2.24, 2.45) is 5.92 Å². The summed E-state index contributed by atoms with van der Waals surface area (Å²) in [5.74, 6) is 3.21. The lowest BCUT2D eigenvalue weighted by atomic mass is 9.97. The largest absolute Gasteiger partial charge is 0.497 e. The molecule has 0 bridgehead atoms. The van der Waals surface area contributed by atoms with Crippen molar-refractivity contribution in [2.75, 3.05) is 20.2 Å². The van der Waals surface area contributed by atoms with Gasteiger partial charge in [-0.05, 0) is 38.4 Å². The Bertz CT molecular complexity index is 617. The number of imidazole rings is 1. The van der Waals surface area contributed by atoms with Gasteiger partial charge in [0.15, 0.2) is 0 Å². The molecule has 4 nitrogen and oxygen atoms in total. The van der Waals surface area contributed by atoms with Crippen LogP contribution in [0.4, 0.5) is 0 Å². The van der Waals surface area contributed by atoms with E-state index in [2.05, 4.69) is 36.7 Å². The molecular formula is C16H23N3O. The highest BCUT2D eigenvalue weighted by atomic mass is 16.5. The molecule has 2 aromatic rings. The van der Waals surface area contributed by atoms with Gasteiger partial charge in [-0.3, -0.25) is 0 Å². The van der Waals surface area contributed by atoms with Gasteiger partial charge in [-0.15, -0.1) is 0 Å². The van der Waals surface area contributed by atoms with E-state index in [4.69, 9.17) is 9.72 Å². The Kier molecular flexibility index (Phi) is 3.42. The maximum Gasteiger partial charge on any atom is 0.121 e. The van der Waals surface area contributed by atoms with E-state index in [0.29, 0.717) is 17.9 Å². The summed E-state index contributed by atoms with van der Waals surface area (Å²) in [5.41, 5.74) is 2.24. The van der Waals surface area contributed by atoms with Crippen LogP contribution in [0.15, 0.2) is 18.2 Å². The molecule has 1 aliphatic heterocycles. The number of hydrogen-bond donors (Lipinski definition) is 1. The number of aromatic nitrogens is 2. The summed E-state index contributed by atoms with van der Waals surface area (Å²) < 4.78 is 7.69. The first-order chi connectivity index (χ1) is 9.61. The summed E-state index contributed by atoms with van der Waals surface area (Å²) in [6, 6.07) is 6.59. The lowest BCUT2D eigenvalue weighted by Crippen LogP contribution is -2.16. The number of hydrogen-bond acceptors (Lipinski definition) is 3. The Morgan fingerprint density at radius 2 is 2.15 bits per heavy atom. The van der Waals surface area contributed by atoms with Gasteiger partial charge in [-0.25, -0.2) is 4.98 Å². The Morgan fingerprint density at radius 1 is 1.35 bits per heavy atom. The molecule has 0 saturated carbocycles. The van der Waals surface area contributed by atoms with Gasteiger partial charge in [-0.2, -0.15) is 0 Å². The summed E-state index contributed by atoms with van der Waals surface area (Å²) in [7, 11) is 1.70. The van der Waals surface area contributed by atoms with Crippen LogP contribution in [0.25, 0.3) is 11.0 Å². The third kappa shape index (κ3) is 2.08. The standard InChI is InChI=1S/C16H23N3O/c1-10(2)19-15-6-5-12(20-4)7-14(15)18-16(19)13-9-17-8-11(13)3/h5-7,10-11,13,17H,8-9H2,1-4H3/t11-,13-/m1/s1. The van der Waals surface area contributed by atoms with Crippen LogP contribution in [-0.2, 0) is 0 Å². The minimum atomic E-state index is 0.413. The molecule has 0 amide bonds. The first-order valence-corrected chi connectivity index (χ1v) is 7.38. The van der Waals surface area contributed by atoms with Crippen LogP contribution in [0.5, 0.6) is 5.75 Å². The van der Waals surface area contributed by atoms with Crippen LogP contribution in [0.3, 0.4) is 0 Å². The number of nitrogens with zero attached hydrogens (tertiary/aromatic N) is 2. The average molecular weight is 273 g/mol. The number of ether oxygens (including phenoxy) is 1. The highest BCUT2D eigenvalue weighted by molar-refractivity contribution is 5.78. The summed E-state index contributed by atoms with van der Waals surface area (Å²) >= 11 is 0. The zero-order chi connectivity index (χ0) is 14.3. The minimum absolute atomic E-state index is 0.413. The molecular weight excluding hydrogens is 250 g/mol. The minimum Gasteiger partial charge on any atom is -0.497 e. The van der Waals surface area contributed by atoms with Crippen LogP contribution >= 0.6 is 0 Å². The molecule has 1 fully saturated rings. The summed E-state index contributed by atoms with van der Waals surface area (Å²) in [6.07, 6.45) is 0. The summed E-state index contributed by atoms with van der Waals surface area (Å²) in [4.78, 5) is 4.92. The smallest absolute Gasteiger partial charge is 0.121 e. The first-order valence-electron chi connectivity index (χ1n) is 7.38. The fraction of sp³-hybridized carbons (Fsp3) is 0.562. The van der Waals surface area contributed by atoms with E-state index in [0.717, 1.165) is 24.4 Å². The Labute approximate surface area is 120 Å². The molecule has 0 spiro atoms. The van der Waals surface area contributed by atoms with E-state index >= 15 is 0 Å². The van der Waals surface area contributed by atoms with Gasteiger partial charge in [0.05, 0.1) is 18.1 Å². The molecule has 4 heteroatoms. The second-order valence-electron chi connectivity index (χ2n) is 6.03. The molecule has 1 aromatic heterocycles. The molecule has 2 atom stereocenters. The van der Waals surface area contributed by atoms with Gasteiger partial charge in [0.1, 0.15) is 11.6 Å². The number of rotatable bonds is 3. The zero-order valence-electron chi connectivity index (χ0n) is 12.7. The van der Waals surface area contributed by atoms with Gasteiger partial charge >= 0.3 is 0 Å². The van der Waals surface area contributed by atoms with Crippen LogP contribution in [-0.4, -0.2) is 29.8 Å². The van der Waals surface area contributed by atoms with Gasteiger partial charge in [0.25, 0.3) is 0 Å². The fourth-order valence-electron chi connectivity index (χ4n) is 3.18. The van der Waals surface area contributed by atoms with Crippen molar-refractivity contribution >= 4 is 11.0 Å². The van der Waals surface area contributed by atoms with Crippen molar-refractivity contribution in [1.82, 2.24) is 14.9 Å². The summed E-state index contributed by atoms with van der Waals surface area (Å²) in [5, 5.41) is 3.48. The molecule has 2 heterocycles. The maximum absolute atomic E-state index is 5.32. The van der Waals surface area contributed by atoms with Crippen molar-refractivity contribution in [3.05, 3.63) is 24.0 Å². The van der Waals surface area contributed by atoms with Gasteiger partial charge in [0.2, 0.25) is 0 Å². The molecule has 1 saturated heterocycles. The lowest BCUT2D eigenvalue weighted by Gasteiger charge is -2.19. The lowest BCUT2D eigenvalue weighted by molar-refractivity contribution is 0.415. The molecule has 0 radical (unpaired) electrons. The molecule has 1 N–H and O–H groups in total. The predicted molar refractivity (Wildman–Crippen MR) is 81.4 cm³/mol. The van der Waals surface area contributed by atoms with Gasteiger partial charge in [0, 0.05) is 24.6 Å². The van der Waals surface area contributed by atoms with Gasteiger partial charge in [-0.1, -0.05) is 6.92 Å². The van der Waals surface area contributed by atoms with Crippen LogP contribution in [0, 0.1) is 5.92 Å². The maximum atomic E-state index is 5.32. The van der Waals surface area contributed by atoms with E-state index in [1.807, 2.05) is 12.1 Å². The first kappa shape index (κ1) is 13.4. The van der Waals surface area contributed by atoms with Crippen molar-refractivity contribution in [3.63, 3.8) is 0 Å². The molecule has 1 aliphatic rings. The molecule has 1 aromatic carbocycles. The summed E-state index contributed by atoms with van der Waals surface area (Å²) in [6.45, 7) is 8.85. The predicted octanol–water partition coefficient (Wildman–Crippen LogP) is 2.95. The number of methoxy groups -OCH3 is 1. The molecule has 20 heavy (non-hydrogen) atoms. The highest BCUT2D eigenvalue weighted by Crippen LogP contribution is 2.33.